The van der Waals surface area contributed by atoms with Gasteiger partial charge in [-0.2, -0.15) is 0 Å². The monoisotopic (exact) mass is 780 g/mol. The molecule has 0 saturated heterocycles. The zero-order valence-electron chi connectivity index (χ0n) is 33.9. The molecule has 0 atom stereocenters. The average molecular weight is 781 g/mol. The van der Waals surface area contributed by atoms with Crippen molar-refractivity contribution in [2.75, 3.05) is 0 Å². The molecule has 1 aliphatic rings. The van der Waals surface area contributed by atoms with Crippen molar-refractivity contribution in [3.63, 3.8) is 0 Å². The molecule has 0 radical (unpaired) electrons. The number of aromatic nitrogens is 2. The van der Waals surface area contributed by atoms with Crippen molar-refractivity contribution in [3.05, 3.63) is 222 Å². The van der Waals surface area contributed by atoms with Gasteiger partial charge < -0.3 is 9.13 Å². The van der Waals surface area contributed by atoms with Crippen LogP contribution in [-0.4, -0.2) is 21.1 Å². The molecule has 11 aromatic rings. The fourth-order valence-electron chi connectivity index (χ4n) is 10.1. The maximum absolute atomic E-state index is 9.42. The fourth-order valence-corrected chi connectivity index (χ4v) is 10.1. The first-order chi connectivity index (χ1) is 29.9. The Balaban J connectivity index is 0.962. The maximum Gasteiger partial charge on any atom is 0.0723 e. The molecule has 0 spiro atoms. The normalized spacial score (nSPS) is 13.2. The van der Waals surface area contributed by atoms with E-state index in [2.05, 4.69) is 193 Å². The smallest absolute Gasteiger partial charge is 0.0723 e. The molecule has 0 unspecified atom stereocenters. The summed E-state index contributed by atoms with van der Waals surface area (Å²) in [5.74, 6) is 0. The van der Waals surface area contributed by atoms with E-state index < -0.39 is 0 Å². The minimum Gasteiger partial charge on any atom is -0.316 e. The summed E-state index contributed by atoms with van der Waals surface area (Å²) < 4.78 is 4.74. The van der Waals surface area contributed by atoms with Crippen LogP contribution < -0.4 is 0 Å². The third kappa shape index (κ3) is 5.32. The van der Waals surface area contributed by atoms with Gasteiger partial charge in [-0.15, -0.1) is 0 Å². The van der Waals surface area contributed by atoms with Crippen LogP contribution in [0.4, 0.5) is 5.69 Å². The van der Waals surface area contributed by atoms with E-state index in [0.29, 0.717) is 5.71 Å². The van der Waals surface area contributed by atoms with Gasteiger partial charge in [0.05, 0.1) is 27.9 Å². The number of nitrogens with one attached hydrogen (secondary N) is 1. The van der Waals surface area contributed by atoms with Crippen molar-refractivity contribution >= 4 is 71.9 Å². The Morgan fingerprint density at radius 1 is 0.541 bits per heavy atom. The van der Waals surface area contributed by atoms with Crippen molar-refractivity contribution in [2.24, 2.45) is 4.99 Å². The van der Waals surface area contributed by atoms with Gasteiger partial charge in [0, 0.05) is 61.9 Å². The van der Waals surface area contributed by atoms with E-state index in [4.69, 9.17) is 4.99 Å². The highest BCUT2D eigenvalue weighted by atomic mass is 15.0. The number of para-hydroxylation sites is 2. The zero-order chi connectivity index (χ0) is 40.8. The van der Waals surface area contributed by atoms with Gasteiger partial charge in [0.2, 0.25) is 0 Å². The number of rotatable bonds is 6. The Kier molecular flexibility index (Phi) is 7.69. The second-order valence-electron chi connectivity index (χ2n) is 16.8. The fraction of sp³-hybridized carbons (Fsp3) is 0.0526. The molecule has 1 aliphatic carbocycles. The van der Waals surface area contributed by atoms with E-state index >= 15 is 0 Å². The number of fused-ring (bicyclic) bond motifs is 12. The Morgan fingerprint density at radius 3 is 2.03 bits per heavy atom. The second-order valence-corrected chi connectivity index (χ2v) is 16.8. The van der Waals surface area contributed by atoms with Gasteiger partial charge in [-0.05, 0) is 98.6 Å². The minimum absolute atomic E-state index is 0.133. The molecule has 12 rings (SSSR count). The molecule has 2 aromatic heterocycles. The summed E-state index contributed by atoms with van der Waals surface area (Å²) in [7, 11) is 0. The first kappa shape index (κ1) is 35.2. The lowest BCUT2D eigenvalue weighted by atomic mass is 9.81. The van der Waals surface area contributed by atoms with Gasteiger partial charge in [-0.25, -0.2) is 0 Å². The third-order valence-corrected chi connectivity index (χ3v) is 13.0. The molecular formula is C57H40N4. The molecule has 0 saturated carbocycles. The number of hydrogen-bond donors (Lipinski definition) is 1. The molecule has 4 nitrogen and oxygen atoms in total. The summed E-state index contributed by atoms with van der Waals surface area (Å²) in [6, 6.07) is 67.1. The van der Waals surface area contributed by atoms with Crippen LogP contribution in [0.5, 0.6) is 0 Å². The Morgan fingerprint density at radius 2 is 1.21 bits per heavy atom. The van der Waals surface area contributed by atoms with Crippen molar-refractivity contribution < 1.29 is 0 Å². The van der Waals surface area contributed by atoms with Crippen LogP contribution in [0, 0.1) is 5.41 Å². The molecule has 0 bridgehead atoms. The van der Waals surface area contributed by atoms with Crippen molar-refractivity contribution in [1.82, 2.24) is 9.13 Å². The van der Waals surface area contributed by atoms with Crippen molar-refractivity contribution in [1.29, 1.82) is 5.41 Å². The molecule has 0 amide bonds. The summed E-state index contributed by atoms with van der Waals surface area (Å²) in [6.07, 6.45) is 4.10. The number of benzene rings is 9. The van der Waals surface area contributed by atoms with Crippen molar-refractivity contribution in [3.8, 4) is 22.5 Å². The molecule has 0 fully saturated rings. The van der Waals surface area contributed by atoms with Gasteiger partial charge in [0.1, 0.15) is 0 Å². The van der Waals surface area contributed by atoms with Crippen LogP contribution in [0.3, 0.4) is 0 Å². The lowest BCUT2D eigenvalue weighted by Gasteiger charge is -2.22. The average Bonchev–Trinajstić information content (AvgIpc) is 3.96. The lowest BCUT2D eigenvalue weighted by Crippen LogP contribution is -2.15. The zero-order valence-corrected chi connectivity index (χ0v) is 33.9. The topological polar surface area (TPSA) is 46.1 Å². The van der Waals surface area contributed by atoms with E-state index in [1.807, 2.05) is 30.5 Å². The first-order valence-corrected chi connectivity index (χ1v) is 21.0. The maximum atomic E-state index is 9.42. The van der Waals surface area contributed by atoms with E-state index in [-0.39, 0.29) is 5.41 Å². The molecule has 288 valence electrons. The summed E-state index contributed by atoms with van der Waals surface area (Å²) in [6.45, 7) is 4.56. The van der Waals surface area contributed by atoms with E-state index in [9.17, 15) is 5.41 Å². The highest BCUT2D eigenvalue weighted by Crippen LogP contribution is 2.49. The van der Waals surface area contributed by atoms with Crippen LogP contribution in [0.15, 0.2) is 199 Å². The summed E-state index contributed by atoms with van der Waals surface area (Å²) in [5.41, 5.74) is 14.7. The van der Waals surface area contributed by atoms with Gasteiger partial charge in [0.25, 0.3) is 0 Å². The molecule has 4 heteroatoms. The largest absolute Gasteiger partial charge is 0.316 e. The standard InChI is InChI=1S/C57H40N4/c1-57(2)49-22-12-10-18-43(49)44-29-26-38(33-50(44)57)55(58)47-21-11-13-23-51(47)59-35-36-24-27-40(28-25-36)61-53-34-52-37(30-31-60(52)39-14-4-3-5-15-39)32-48(53)54-45-19-8-6-16-41(45)42-17-7-9-20-46(42)56(54)61/h3-35,58H,1-2H3. The van der Waals surface area contributed by atoms with E-state index in [1.54, 1.807) is 0 Å². The third-order valence-electron chi connectivity index (χ3n) is 13.0. The van der Waals surface area contributed by atoms with Gasteiger partial charge in [0.15, 0.2) is 0 Å². The lowest BCUT2D eigenvalue weighted by molar-refractivity contribution is 0.660. The van der Waals surface area contributed by atoms with E-state index in [1.165, 1.54) is 65.5 Å². The highest BCUT2D eigenvalue weighted by molar-refractivity contribution is 6.33. The van der Waals surface area contributed by atoms with Crippen LogP contribution in [-0.2, 0) is 5.41 Å². The number of aliphatic imine (C=N–C) groups is 1. The Hall–Kier alpha value is -7.82. The van der Waals surface area contributed by atoms with Crippen LogP contribution in [0.2, 0.25) is 0 Å². The summed E-state index contributed by atoms with van der Waals surface area (Å²) in [5, 5.41) is 18.1. The molecular weight excluding hydrogens is 741 g/mol. The second kappa shape index (κ2) is 13.4. The van der Waals surface area contributed by atoms with Gasteiger partial charge in [-0.3, -0.25) is 10.4 Å². The highest BCUT2D eigenvalue weighted by Gasteiger charge is 2.35. The number of nitrogens with zero attached hydrogens (tertiary/aromatic N) is 3. The van der Waals surface area contributed by atoms with Gasteiger partial charge in [-0.1, -0.05) is 147 Å². The molecule has 0 aliphatic heterocycles. The predicted octanol–water partition coefficient (Wildman–Crippen LogP) is 14.5. The summed E-state index contributed by atoms with van der Waals surface area (Å²) in [4.78, 5) is 5.02. The van der Waals surface area contributed by atoms with Gasteiger partial charge >= 0.3 is 0 Å². The van der Waals surface area contributed by atoms with Crippen molar-refractivity contribution in [2.45, 2.75) is 19.3 Å². The van der Waals surface area contributed by atoms with Crippen LogP contribution >= 0.6 is 0 Å². The molecule has 61 heavy (non-hydrogen) atoms. The first-order valence-electron chi connectivity index (χ1n) is 21.0. The Labute approximate surface area is 353 Å². The predicted molar refractivity (Wildman–Crippen MR) is 256 cm³/mol. The molecule has 2 heterocycles. The molecule has 1 N–H and O–H groups in total. The van der Waals surface area contributed by atoms with E-state index in [0.717, 1.165) is 44.8 Å². The minimum atomic E-state index is -0.133. The van der Waals surface area contributed by atoms with Crippen LogP contribution in [0.1, 0.15) is 41.7 Å². The SMILES string of the molecule is CC1(C)c2ccccc2-c2ccc(C(=N)c3ccccc3N=Cc3ccc(-n4c5cc6c(ccn6-c6ccccc6)cc5c5c6ccccc6c6ccccc6c54)cc3)cc21. The molecule has 9 aromatic carbocycles. The number of hydrogen-bond acceptors (Lipinski definition) is 2. The van der Waals surface area contributed by atoms with Crippen LogP contribution in [0.25, 0.3) is 76.8 Å². The summed E-state index contributed by atoms with van der Waals surface area (Å²) >= 11 is 0. The Bertz CT molecular complexity index is 3620. The quantitative estimate of drug-likeness (QED) is 0.129.